The number of hydrogen-bond acceptors (Lipinski definition) is 3. The summed E-state index contributed by atoms with van der Waals surface area (Å²) in [7, 11) is 0. The number of carbonyl (C=O) groups is 2. The van der Waals surface area contributed by atoms with E-state index in [0.717, 1.165) is 24.0 Å². The summed E-state index contributed by atoms with van der Waals surface area (Å²) < 4.78 is 38.6. The number of carbonyl (C=O) groups excluding carboxylic acids is 1. The van der Waals surface area contributed by atoms with Gasteiger partial charge in [0.05, 0.1) is 10.4 Å². The fourth-order valence-corrected chi connectivity index (χ4v) is 3.26. The van der Waals surface area contributed by atoms with E-state index in [9.17, 15) is 22.8 Å². The first kappa shape index (κ1) is 19.0. The van der Waals surface area contributed by atoms with Crippen LogP contribution in [0.25, 0.3) is 0 Å². The lowest BCUT2D eigenvalue weighted by atomic mass is 10.1. The number of carboxylic acids is 1. The van der Waals surface area contributed by atoms with Crippen molar-refractivity contribution in [2.75, 3.05) is 0 Å². The molecule has 2 N–H and O–H groups in total. The molecule has 0 radical (unpaired) electrons. The number of halogens is 3. The van der Waals surface area contributed by atoms with Crippen LogP contribution in [0.1, 0.15) is 49.4 Å². The van der Waals surface area contributed by atoms with Gasteiger partial charge in [-0.05, 0) is 23.6 Å². The Hall–Kier alpha value is -2.35. The highest BCUT2D eigenvalue weighted by Crippen LogP contribution is 2.36. The van der Waals surface area contributed by atoms with Gasteiger partial charge in [-0.3, -0.25) is 4.79 Å². The number of nitrogens with one attached hydrogen (secondary N) is 1. The van der Waals surface area contributed by atoms with E-state index in [-0.39, 0.29) is 11.4 Å². The number of aryl methyl sites for hydroxylation is 1. The SMILES string of the molecule is CCCc1cccc(CNC(=O)c2cc(C(F)(F)F)c(C(=O)O)s2)c1. The number of benzene rings is 1. The number of alkyl halides is 3. The molecule has 0 aliphatic heterocycles. The van der Waals surface area contributed by atoms with Gasteiger partial charge in [0.2, 0.25) is 0 Å². The van der Waals surface area contributed by atoms with Gasteiger partial charge >= 0.3 is 12.1 Å². The van der Waals surface area contributed by atoms with Crippen molar-refractivity contribution in [3.8, 4) is 0 Å². The highest BCUT2D eigenvalue weighted by Gasteiger charge is 2.38. The number of aromatic carboxylic acids is 1. The largest absolute Gasteiger partial charge is 0.477 e. The molecule has 1 aromatic heterocycles. The molecular formula is C17H16F3NO3S. The smallest absolute Gasteiger partial charge is 0.418 e. The molecule has 2 rings (SSSR count). The maximum absolute atomic E-state index is 12.9. The average molecular weight is 371 g/mol. The molecule has 1 heterocycles. The quantitative estimate of drug-likeness (QED) is 0.793. The Balaban J connectivity index is 2.13. The summed E-state index contributed by atoms with van der Waals surface area (Å²) in [6.45, 7) is 2.20. The Labute approximate surface area is 146 Å². The minimum atomic E-state index is -4.82. The Kier molecular flexibility index (Phi) is 5.84. The first-order valence-corrected chi connectivity index (χ1v) is 8.34. The minimum absolute atomic E-state index is 0.151. The molecule has 0 fully saturated rings. The molecule has 1 aromatic carbocycles. The van der Waals surface area contributed by atoms with Crippen LogP contribution in [0.15, 0.2) is 30.3 Å². The van der Waals surface area contributed by atoms with Gasteiger partial charge in [0.1, 0.15) is 4.88 Å². The van der Waals surface area contributed by atoms with Crippen molar-refractivity contribution in [1.82, 2.24) is 5.32 Å². The summed E-state index contributed by atoms with van der Waals surface area (Å²) in [5.74, 6) is -2.44. The van der Waals surface area contributed by atoms with Crippen LogP contribution in [-0.4, -0.2) is 17.0 Å². The number of thiophene rings is 1. The molecule has 2 aromatic rings. The van der Waals surface area contributed by atoms with Gasteiger partial charge in [-0.25, -0.2) is 4.79 Å². The van der Waals surface area contributed by atoms with Gasteiger partial charge in [-0.2, -0.15) is 13.2 Å². The van der Waals surface area contributed by atoms with Crippen molar-refractivity contribution >= 4 is 23.2 Å². The van der Waals surface area contributed by atoms with E-state index in [4.69, 9.17) is 5.11 Å². The van der Waals surface area contributed by atoms with Crippen molar-refractivity contribution in [3.63, 3.8) is 0 Å². The zero-order chi connectivity index (χ0) is 18.6. The first-order chi connectivity index (χ1) is 11.7. The number of amides is 1. The van der Waals surface area contributed by atoms with E-state index in [2.05, 4.69) is 5.32 Å². The summed E-state index contributed by atoms with van der Waals surface area (Å²) in [5, 5.41) is 11.4. The molecule has 0 aliphatic carbocycles. The van der Waals surface area contributed by atoms with E-state index in [1.165, 1.54) is 0 Å². The van der Waals surface area contributed by atoms with Gasteiger partial charge < -0.3 is 10.4 Å². The van der Waals surface area contributed by atoms with E-state index < -0.39 is 28.5 Å². The van der Waals surface area contributed by atoms with Crippen LogP contribution in [0.4, 0.5) is 13.2 Å². The summed E-state index contributed by atoms with van der Waals surface area (Å²) in [4.78, 5) is 21.9. The fraction of sp³-hybridized carbons (Fsp3) is 0.294. The summed E-state index contributed by atoms with van der Waals surface area (Å²) >= 11 is 0.317. The monoisotopic (exact) mass is 371 g/mol. The fourth-order valence-electron chi connectivity index (χ4n) is 2.33. The minimum Gasteiger partial charge on any atom is -0.477 e. The van der Waals surface area contributed by atoms with E-state index in [1.54, 1.807) is 6.07 Å². The molecule has 25 heavy (non-hydrogen) atoms. The molecule has 4 nitrogen and oxygen atoms in total. The second-order valence-corrected chi connectivity index (χ2v) is 6.46. The third-order valence-corrected chi connectivity index (χ3v) is 4.56. The van der Waals surface area contributed by atoms with Gasteiger partial charge in [0.15, 0.2) is 0 Å². The Bertz CT molecular complexity index is 784. The lowest BCUT2D eigenvalue weighted by Gasteiger charge is -2.06. The lowest BCUT2D eigenvalue weighted by Crippen LogP contribution is -2.22. The summed E-state index contributed by atoms with van der Waals surface area (Å²) in [6, 6.07) is 8.11. The second-order valence-electron chi connectivity index (χ2n) is 5.41. The molecule has 0 bridgehead atoms. The van der Waals surface area contributed by atoms with Crippen molar-refractivity contribution in [1.29, 1.82) is 0 Å². The number of rotatable bonds is 6. The standard InChI is InChI=1S/C17H16F3NO3S/c1-2-4-10-5-3-6-11(7-10)9-21-15(22)13-8-12(17(18,19)20)14(25-13)16(23)24/h3,5-8H,2,4,9H2,1H3,(H,21,22)(H,23,24). The molecule has 134 valence electrons. The Morgan fingerprint density at radius 1 is 1.20 bits per heavy atom. The molecule has 1 amide bonds. The van der Waals surface area contributed by atoms with Crippen molar-refractivity contribution in [3.05, 3.63) is 56.8 Å². The Morgan fingerprint density at radius 2 is 1.88 bits per heavy atom. The van der Waals surface area contributed by atoms with Crippen molar-refractivity contribution in [2.45, 2.75) is 32.5 Å². The van der Waals surface area contributed by atoms with Crippen LogP contribution in [0, 0.1) is 0 Å². The lowest BCUT2D eigenvalue weighted by molar-refractivity contribution is -0.137. The molecule has 0 atom stereocenters. The van der Waals surface area contributed by atoms with Crippen LogP contribution in [0.2, 0.25) is 0 Å². The second kappa shape index (κ2) is 7.69. The normalized spacial score (nSPS) is 11.4. The predicted octanol–water partition coefficient (Wildman–Crippen LogP) is 4.35. The van der Waals surface area contributed by atoms with Crippen LogP contribution < -0.4 is 5.32 Å². The zero-order valence-corrected chi connectivity index (χ0v) is 14.1. The molecule has 0 saturated carbocycles. The van der Waals surface area contributed by atoms with Gasteiger partial charge in [0, 0.05) is 6.54 Å². The topological polar surface area (TPSA) is 66.4 Å². The summed E-state index contributed by atoms with van der Waals surface area (Å²) in [5.41, 5.74) is 0.628. The highest BCUT2D eigenvalue weighted by atomic mass is 32.1. The van der Waals surface area contributed by atoms with E-state index >= 15 is 0 Å². The maximum Gasteiger partial charge on any atom is 0.418 e. The van der Waals surface area contributed by atoms with Crippen LogP contribution in [0.3, 0.4) is 0 Å². The van der Waals surface area contributed by atoms with Gasteiger partial charge in [-0.15, -0.1) is 11.3 Å². The molecule has 0 saturated heterocycles. The predicted molar refractivity (Wildman–Crippen MR) is 87.9 cm³/mol. The van der Waals surface area contributed by atoms with Gasteiger partial charge in [-0.1, -0.05) is 37.6 Å². The molecule has 0 unspecified atom stereocenters. The highest BCUT2D eigenvalue weighted by molar-refractivity contribution is 7.16. The van der Waals surface area contributed by atoms with Crippen LogP contribution >= 0.6 is 11.3 Å². The molecular weight excluding hydrogens is 355 g/mol. The zero-order valence-electron chi connectivity index (χ0n) is 13.3. The van der Waals surface area contributed by atoms with Crippen LogP contribution in [0.5, 0.6) is 0 Å². The summed E-state index contributed by atoms with van der Waals surface area (Å²) in [6.07, 6.45) is -2.95. The third-order valence-electron chi connectivity index (χ3n) is 3.44. The van der Waals surface area contributed by atoms with E-state index in [1.807, 2.05) is 25.1 Å². The third kappa shape index (κ3) is 4.82. The molecule has 0 aliphatic rings. The van der Waals surface area contributed by atoms with Gasteiger partial charge in [0.25, 0.3) is 5.91 Å². The average Bonchev–Trinajstić information content (AvgIpc) is 2.99. The van der Waals surface area contributed by atoms with Crippen molar-refractivity contribution < 1.29 is 27.9 Å². The maximum atomic E-state index is 12.9. The molecule has 8 heteroatoms. The van der Waals surface area contributed by atoms with Crippen molar-refractivity contribution in [2.24, 2.45) is 0 Å². The Morgan fingerprint density at radius 3 is 2.44 bits per heavy atom. The number of carboxylic acid groups (broad SMARTS) is 1. The number of hydrogen-bond donors (Lipinski definition) is 2. The molecule has 0 spiro atoms. The first-order valence-electron chi connectivity index (χ1n) is 7.52. The van der Waals surface area contributed by atoms with E-state index in [0.29, 0.717) is 17.4 Å². The van der Waals surface area contributed by atoms with Crippen LogP contribution in [-0.2, 0) is 19.1 Å².